The Kier molecular flexibility index (Phi) is 4.47. The van der Waals surface area contributed by atoms with Crippen molar-refractivity contribution in [2.24, 2.45) is 35.5 Å². The molecular weight excluding hydrogens is 422 g/mol. The first-order valence-corrected chi connectivity index (χ1v) is 11.1. The molecule has 7 heteroatoms. The fourth-order valence-electron chi connectivity index (χ4n) is 5.83. The quantitative estimate of drug-likeness (QED) is 0.306. The lowest BCUT2D eigenvalue weighted by Crippen LogP contribution is -2.40. The molecule has 2 bridgehead atoms. The summed E-state index contributed by atoms with van der Waals surface area (Å²) in [6.07, 6.45) is 5.25. The second-order valence-corrected chi connectivity index (χ2v) is 9.09. The van der Waals surface area contributed by atoms with Gasteiger partial charge >= 0.3 is 11.9 Å². The number of esters is 2. The third-order valence-electron chi connectivity index (χ3n) is 7.33. The number of nitrogens with zero attached hydrogens (tertiary/aromatic N) is 1. The smallest absolute Gasteiger partial charge is 0.347 e. The van der Waals surface area contributed by atoms with Crippen LogP contribution >= 0.6 is 0 Å². The lowest BCUT2D eigenvalue weighted by atomic mass is 9.63. The maximum atomic E-state index is 13.1. The Morgan fingerprint density at radius 3 is 2.09 bits per heavy atom. The number of imide groups is 1. The average Bonchev–Trinajstić information content (AvgIpc) is 3.61. The number of rotatable bonds is 5. The number of carbonyl (C=O) groups excluding carboxylic acids is 4. The van der Waals surface area contributed by atoms with Gasteiger partial charge in [0, 0.05) is 0 Å². The van der Waals surface area contributed by atoms with Crippen LogP contribution in [0.4, 0.5) is 0 Å². The molecule has 5 aliphatic rings. The molecule has 2 amide bonds. The normalized spacial score (nSPS) is 30.6. The van der Waals surface area contributed by atoms with Gasteiger partial charge in [0.05, 0.1) is 11.8 Å². The summed E-state index contributed by atoms with van der Waals surface area (Å²) in [5.41, 5.74) is 0.0739. The SMILES string of the molecule is O=C(CN1C(=O)[C@@H]2[C@@H]3C=C[C@H]([C@H]4C[C@@H]34)[C@@H]2C1=O)Oc1ccccc1C(=O)Oc1ccccc1. The van der Waals surface area contributed by atoms with E-state index in [4.69, 9.17) is 9.47 Å². The predicted octanol–water partition coefficient (Wildman–Crippen LogP) is 2.86. The number of amides is 2. The van der Waals surface area contributed by atoms with Crippen LogP contribution in [0.3, 0.4) is 0 Å². The van der Waals surface area contributed by atoms with Crippen LogP contribution in [0.15, 0.2) is 66.7 Å². The number of allylic oxidation sites excluding steroid dienone is 2. The van der Waals surface area contributed by atoms with E-state index in [1.54, 1.807) is 42.5 Å². The van der Waals surface area contributed by atoms with Gasteiger partial charge < -0.3 is 9.47 Å². The lowest BCUT2D eigenvalue weighted by Gasteiger charge is -2.37. The van der Waals surface area contributed by atoms with Gasteiger partial charge in [0.1, 0.15) is 23.6 Å². The zero-order valence-electron chi connectivity index (χ0n) is 17.6. The highest BCUT2D eigenvalue weighted by Gasteiger charge is 2.67. The second-order valence-electron chi connectivity index (χ2n) is 9.09. The molecule has 7 rings (SSSR count). The van der Waals surface area contributed by atoms with Crippen LogP contribution < -0.4 is 9.47 Å². The Bertz CT molecular complexity index is 1170. The third kappa shape index (κ3) is 3.18. The van der Waals surface area contributed by atoms with E-state index in [1.807, 2.05) is 0 Å². The number of ether oxygens (including phenoxy) is 2. The van der Waals surface area contributed by atoms with E-state index < -0.39 is 18.5 Å². The molecule has 4 aliphatic carbocycles. The first kappa shape index (κ1) is 19.9. The zero-order valence-corrected chi connectivity index (χ0v) is 17.6. The Morgan fingerprint density at radius 1 is 0.818 bits per heavy atom. The molecule has 33 heavy (non-hydrogen) atoms. The highest BCUT2D eigenvalue weighted by Crippen LogP contribution is 2.65. The van der Waals surface area contributed by atoms with E-state index in [0.717, 1.165) is 11.3 Å². The number of para-hydroxylation sites is 2. The Labute approximate surface area is 190 Å². The van der Waals surface area contributed by atoms with E-state index in [9.17, 15) is 19.2 Å². The van der Waals surface area contributed by atoms with E-state index >= 15 is 0 Å². The molecule has 2 aromatic carbocycles. The Morgan fingerprint density at radius 2 is 1.42 bits per heavy atom. The summed E-state index contributed by atoms with van der Waals surface area (Å²) >= 11 is 0. The maximum Gasteiger partial charge on any atom is 0.347 e. The van der Waals surface area contributed by atoms with Crippen molar-refractivity contribution < 1.29 is 28.7 Å². The van der Waals surface area contributed by atoms with Gasteiger partial charge in [0.2, 0.25) is 11.8 Å². The summed E-state index contributed by atoms with van der Waals surface area (Å²) in [4.78, 5) is 52.5. The van der Waals surface area contributed by atoms with Gasteiger partial charge in [0.25, 0.3) is 0 Å². The number of hydrogen-bond donors (Lipinski definition) is 0. The molecule has 0 unspecified atom stereocenters. The molecule has 1 heterocycles. The van der Waals surface area contributed by atoms with Gasteiger partial charge in [-0.05, 0) is 54.4 Å². The standard InChI is InChI=1S/C26H21NO6/c28-21(33-20-9-5-4-8-17(20)26(31)32-14-6-2-1-3-7-14)13-27-24(29)22-15-10-11-16(19-12-18(15)19)23(22)25(27)30/h1-11,15-16,18-19,22-23H,12-13H2/t15-,16-,18-,19+,22+,23-/m1/s1. The van der Waals surface area contributed by atoms with Crippen LogP contribution in [0.25, 0.3) is 0 Å². The third-order valence-corrected chi connectivity index (χ3v) is 7.33. The van der Waals surface area contributed by atoms with Gasteiger partial charge in [0.15, 0.2) is 0 Å². The molecule has 6 atom stereocenters. The molecule has 2 aromatic rings. The van der Waals surface area contributed by atoms with Gasteiger partial charge in [-0.25, -0.2) is 9.59 Å². The van der Waals surface area contributed by atoms with Gasteiger partial charge in [-0.15, -0.1) is 0 Å². The van der Waals surface area contributed by atoms with E-state index in [-0.39, 0.29) is 46.8 Å². The van der Waals surface area contributed by atoms with Crippen LogP contribution in [0.2, 0.25) is 0 Å². The molecule has 166 valence electrons. The number of benzene rings is 2. The van der Waals surface area contributed by atoms with Crippen LogP contribution in [-0.2, 0) is 14.4 Å². The van der Waals surface area contributed by atoms with E-state index in [0.29, 0.717) is 17.6 Å². The first-order chi connectivity index (χ1) is 16.0. The minimum Gasteiger partial charge on any atom is -0.424 e. The molecule has 2 saturated carbocycles. The Balaban J connectivity index is 1.16. The van der Waals surface area contributed by atoms with Crippen LogP contribution in [-0.4, -0.2) is 35.2 Å². The van der Waals surface area contributed by atoms with E-state index in [2.05, 4.69) is 12.2 Å². The van der Waals surface area contributed by atoms with Crippen molar-refractivity contribution in [2.45, 2.75) is 6.42 Å². The monoisotopic (exact) mass is 443 g/mol. The largest absolute Gasteiger partial charge is 0.424 e. The maximum absolute atomic E-state index is 13.1. The molecule has 7 nitrogen and oxygen atoms in total. The van der Waals surface area contributed by atoms with Crippen molar-refractivity contribution in [1.29, 1.82) is 0 Å². The zero-order chi connectivity index (χ0) is 22.7. The number of carbonyl (C=O) groups is 4. The van der Waals surface area contributed by atoms with E-state index in [1.165, 1.54) is 12.1 Å². The molecule has 0 aromatic heterocycles. The fourth-order valence-corrected chi connectivity index (χ4v) is 5.83. The topological polar surface area (TPSA) is 90.0 Å². The lowest BCUT2D eigenvalue weighted by molar-refractivity contribution is -0.148. The minimum atomic E-state index is -0.777. The molecule has 3 fully saturated rings. The molecule has 1 aliphatic heterocycles. The van der Waals surface area contributed by atoms with Crippen molar-refractivity contribution in [1.82, 2.24) is 4.90 Å². The summed E-state index contributed by atoms with van der Waals surface area (Å²) in [6.45, 7) is -0.471. The molecule has 0 spiro atoms. The van der Waals surface area contributed by atoms with Crippen molar-refractivity contribution in [2.75, 3.05) is 6.54 Å². The number of likely N-dealkylation sites (tertiary alicyclic amines) is 1. The molecular formula is C26H21NO6. The summed E-state index contributed by atoms with van der Waals surface area (Å²) in [6, 6.07) is 14.8. The average molecular weight is 443 g/mol. The second kappa shape index (κ2) is 7.40. The molecule has 1 saturated heterocycles. The fraction of sp³-hybridized carbons (Fsp3) is 0.308. The molecule has 0 N–H and O–H groups in total. The van der Waals surface area contributed by atoms with Crippen molar-refractivity contribution in [3.63, 3.8) is 0 Å². The summed E-state index contributed by atoms with van der Waals surface area (Å²) in [7, 11) is 0. The predicted molar refractivity (Wildman–Crippen MR) is 115 cm³/mol. The summed E-state index contributed by atoms with van der Waals surface area (Å²) < 4.78 is 10.8. The number of hydrogen-bond acceptors (Lipinski definition) is 6. The van der Waals surface area contributed by atoms with Crippen LogP contribution in [0.5, 0.6) is 11.5 Å². The van der Waals surface area contributed by atoms with Crippen molar-refractivity contribution in [3.05, 3.63) is 72.3 Å². The van der Waals surface area contributed by atoms with Gasteiger partial charge in [-0.1, -0.05) is 42.5 Å². The summed E-state index contributed by atoms with van der Waals surface area (Å²) in [5, 5.41) is 0. The highest BCUT2D eigenvalue weighted by molar-refractivity contribution is 6.08. The van der Waals surface area contributed by atoms with Crippen molar-refractivity contribution >= 4 is 23.8 Å². The van der Waals surface area contributed by atoms with Crippen molar-refractivity contribution in [3.8, 4) is 11.5 Å². The van der Waals surface area contributed by atoms with Gasteiger partial charge in [-0.3, -0.25) is 14.5 Å². The minimum absolute atomic E-state index is 0.0166. The molecule has 0 radical (unpaired) electrons. The van der Waals surface area contributed by atoms with Crippen LogP contribution in [0, 0.1) is 35.5 Å². The highest BCUT2D eigenvalue weighted by atomic mass is 16.6. The summed E-state index contributed by atoms with van der Waals surface area (Å²) in [5.74, 6) is -1.21. The first-order valence-electron chi connectivity index (χ1n) is 11.1. The van der Waals surface area contributed by atoms with Crippen LogP contribution in [0.1, 0.15) is 16.8 Å². The van der Waals surface area contributed by atoms with Gasteiger partial charge in [-0.2, -0.15) is 0 Å². The Hall–Kier alpha value is -3.74.